The molecule has 148 valence electrons. The Bertz CT molecular complexity index is 813. The van der Waals surface area contributed by atoms with Crippen LogP contribution in [0.5, 0.6) is 0 Å². The van der Waals surface area contributed by atoms with Crippen LogP contribution in [0.15, 0.2) is 24.3 Å². The normalized spacial score (nSPS) is 11.6. The number of amides is 3. The summed E-state index contributed by atoms with van der Waals surface area (Å²) in [4.78, 5) is 37.0. The summed E-state index contributed by atoms with van der Waals surface area (Å²) in [6, 6.07) is 4.55. The van der Waals surface area contributed by atoms with Crippen LogP contribution in [-0.4, -0.2) is 70.9 Å². The molecule has 1 rings (SSSR count). The lowest BCUT2D eigenvalue weighted by atomic mass is 10.1. The summed E-state index contributed by atoms with van der Waals surface area (Å²) in [6.07, 6.45) is -0.790. The Morgan fingerprint density at radius 1 is 1.14 bits per heavy atom. The molecule has 0 heterocycles. The molecule has 0 saturated heterocycles. The quantitative estimate of drug-likeness (QED) is 0.174. The molecule has 1 aromatic rings. The lowest BCUT2D eigenvalue weighted by molar-refractivity contribution is -0.140. The van der Waals surface area contributed by atoms with Crippen LogP contribution in [0.3, 0.4) is 0 Å². The van der Waals surface area contributed by atoms with E-state index < -0.39 is 29.9 Å². The number of aliphatic hydroxyl groups is 2. The van der Waals surface area contributed by atoms with Crippen LogP contribution in [0.1, 0.15) is 22.3 Å². The van der Waals surface area contributed by atoms with Crippen molar-refractivity contribution in [1.29, 1.82) is 0 Å². The van der Waals surface area contributed by atoms with Gasteiger partial charge in [-0.05, 0) is 36.1 Å². The van der Waals surface area contributed by atoms with Crippen molar-refractivity contribution in [3.63, 3.8) is 0 Å². The van der Waals surface area contributed by atoms with Crippen molar-refractivity contribution >= 4 is 17.7 Å². The summed E-state index contributed by atoms with van der Waals surface area (Å²) in [5.41, 5.74) is 2.16. The maximum atomic E-state index is 12.5. The van der Waals surface area contributed by atoms with Gasteiger partial charge in [0.25, 0.3) is 17.7 Å². The summed E-state index contributed by atoms with van der Waals surface area (Å²) >= 11 is 0. The molecular formula is C19H21N3O6. The first-order chi connectivity index (χ1) is 13.3. The first kappa shape index (κ1) is 22.7. The molecule has 9 nitrogen and oxygen atoms in total. The van der Waals surface area contributed by atoms with Crippen LogP contribution in [0.25, 0.3) is 0 Å². The van der Waals surface area contributed by atoms with Crippen LogP contribution >= 0.6 is 0 Å². The predicted molar refractivity (Wildman–Crippen MR) is 98.7 cm³/mol. The third kappa shape index (κ3) is 6.41. The van der Waals surface area contributed by atoms with Gasteiger partial charge in [-0.25, -0.2) is 5.48 Å². The standard InChI is InChI=1S/C19H21N3O6/c1-20-17(25)16(18(26)21-28)22(2)19(27)14-10-8-13(9-11-14)6-4-3-5-7-15(24)12-23/h8-11,15-16,23-24,28H,7,12H2,1-2H3,(H,20,25)(H,21,26). The first-order valence-electron chi connectivity index (χ1n) is 8.16. The van der Waals surface area contributed by atoms with E-state index in [1.165, 1.54) is 31.7 Å². The van der Waals surface area contributed by atoms with Gasteiger partial charge < -0.3 is 20.4 Å². The molecule has 0 aliphatic carbocycles. The molecule has 5 N–H and O–H groups in total. The average molecular weight is 387 g/mol. The molecule has 0 aliphatic rings. The zero-order valence-corrected chi connectivity index (χ0v) is 15.4. The third-order valence-corrected chi connectivity index (χ3v) is 3.60. The van der Waals surface area contributed by atoms with E-state index in [4.69, 9.17) is 15.4 Å². The summed E-state index contributed by atoms with van der Waals surface area (Å²) in [6.45, 7) is -0.368. The van der Waals surface area contributed by atoms with E-state index in [-0.39, 0.29) is 18.6 Å². The highest BCUT2D eigenvalue weighted by molar-refractivity contribution is 6.08. The van der Waals surface area contributed by atoms with E-state index in [9.17, 15) is 14.4 Å². The number of rotatable bonds is 6. The fourth-order valence-electron chi connectivity index (χ4n) is 2.07. The van der Waals surface area contributed by atoms with E-state index >= 15 is 0 Å². The number of nitrogens with zero attached hydrogens (tertiary/aromatic N) is 1. The number of nitrogens with one attached hydrogen (secondary N) is 2. The van der Waals surface area contributed by atoms with Gasteiger partial charge in [0.15, 0.2) is 6.04 Å². The summed E-state index contributed by atoms with van der Waals surface area (Å²) < 4.78 is 0. The van der Waals surface area contributed by atoms with E-state index in [1.54, 1.807) is 12.1 Å². The predicted octanol–water partition coefficient (Wildman–Crippen LogP) is -1.52. The minimum absolute atomic E-state index is 0.110. The van der Waals surface area contributed by atoms with Crippen LogP contribution in [0.2, 0.25) is 0 Å². The Morgan fingerprint density at radius 2 is 1.79 bits per heavy atom. The Labute approximate surface area is 162 Å². The zero-order valence-electron chi connectivity index (χ0n) is 15.4. The van der Waals surface area contributed by atoms with Gasteiger partial charge >= 0.3 is 0 Å². The zero-order chi connectivity index (χ0) is 21.1. The average Bonchev–Trinajstić information content (AvgIpc) is 2.72. The fourth-order valence-corrected chi connectivity index (χ4v) is 2.07. The molecule has 2 atom stereocenters. The molecule has 0 bridgehead atoms. The number of hydrogen-bond acceptors (Lipinski definition) is 6. The molecule has 1 aromatic carbocycles. The van der Waals surface area contributed by atoms with Gasteiger partial charge in [-0.3, -0.25) is 19.6 Å². The second-order valence-corrected chi connectivity index (χ2v) is 5.58. The minimum atomic E-state index is -1.54. The van der Waals surface area contributed by atoms with Gasteiger partial charge in [0.1, 0.15) is 0 Å². The fraction of sp³-hybridized carbons (Fsp3) is 0.316. The Kier molecular flexibility index (Phi) is 9.20. The highest BCUT2D eigenvalue weighted by Crippen LogP contribution is 2.09. The molecule has 0 radical (unpaired) electrons. The Morgan fingerprint density at radius 3 is 2.32 bits per heavy atom. The topological polar surface area (TPSA) is 139 Å². The molecule has 0 fully saturated rings. The van der Waals surface area contributed by atoms with Crippen molar-refractivity contribution in [3.05, 3.63) is 35.4 Å². The number of hydrogen-bond donors (Lipinski definition) is 5. The van der Waals surface area contributed by atoms with E-state index in [0.29, 0.717) is 5.56 Å². The van der Waals surface area contributed by atoms with Crippen molar-refractivity contribution in [2.24, 2.45) is 0 Å². The van der Waals surface area contributed by atoms with E-state index in [2.05, 4.69) is 29.0 Å². The number of likely N-dealkylation sites (N-methyl/N-ethyl adjacent to an activating group) is 2. The number of carbonyl (C=O) groups is 3. The largest absolute Gasteiger partial charge is 0.394 e. The molecule has 0 saturated carbocycles. The van der Waals surface area contributed by atoms with Crippen molar-refractivity contribution < 1.29 is 29.8 Å². The second-order valence-electron chi connectivity index (χ2n) is 5.58. The summed E-state index contributed by atoms with van der Waals surface area (Å²) in [7, 11) is 2.57. The Hall–Kier alpha value is -3.37. The van der Waals surface area contributed by atoms with Crippen molar-refractivity contribution in [3.8, 4) is 23.7 Å². The first-order valence-corrected chi connectivity index (χ1v) is 8.16. The molecule has 0 spiro atoms. The maximum absolute atomic E-state index is 12.5. The SMILES string of the molecule is CNC(=O)C(C(=O)NO)N(C)C(=O)c1ccc(C#CC#CCC(O)CO)cc1. The van der Waals surface area contributed by atoms with Crippen LogP contribution in [-0.2, 0) is 9.59 Å². The molecule has 2 unspecified atom stereocenters. The second kappa shape index (κ2) is 11.4. The highest BCUT2D eigenvalue weighted by atomic mass is 16.5. The van der Waals surface area contributed by atoms with Crippen LogP contribution in [0, 0.1) is 23.7 Å². The minimum Gasteiger partial charge on any atom is -0.394 e. The van der Waals surface area contributed by atoms with Gasteiger partial charge in [0.2, 0.25) is 0 Å². The lowest BCUT2D eigenvalue weighted by Crippen LogP contribution is -2.54. The lowest BCUT2D eigenvalue weighted by Gasteiger charge is -2.25. The van der Waals surface area contributed by atoms with Crippen molar-refractivity contribution in [2.45, 2.75) is 18.6 Å². The van der Waals surface area contributed by atoms with Gasteiger partial charge in [0, 0.05) is 31.6 Å². The number of benzene rings is 1. The van der Waals surface area contributed by atoms with Gasteiger partial charge in [0.05, 0.1) is 12.7 Å². The highest BCUT2D eigenvalue weighted by Gasteiger charge is 2.33. The van der Waals surface area contributed by atoms with Crippen molar-refractivity contribution in [1.82, 2.24) is 15.7 Å². The third-order valence-electron chi connectivity index (χ3n) is 3.60. The molecule has 9 heteroatoms. The molecular weight excluding hydrogens is 366 g/mol. The maximum Gasteiger partial charge on any atom is 0.275 e. The van der Waals surface area contributed by atoms with Crippen LogP contribution in [0.4, 0.5) is 0 Å². The van der Waals surface area contributed by atoms with Crippen molar-refractivity contribution in [2.75, 3.05) is 20.7 Å². The molecule has 28 heavy (non-hydrogen) atoms. The molecule has 0 aromatic heterocycles. The number of hydroxylamine groups is 1. The van der Waals surface area contributed by atoms with Gasteiger partial charge in [-0.2, -0.15) is 0 Å². The summed E-state index contributed by atoms with van der Waals surface area (Å²) in [5, 5.41) is 28.8. The smallest absolute Gasteiger partial charge is 0.275 e. The van der Waals surface area contributed by atoms with E-state index in [0.717, 1.165) is 4.90 Å². The summed E-state index contributed by atoms with van der Waals surface area (Å²) in [5.74, 6) is 8.08. The monoisotopic (exact) mass is 387 g/mol. The number of carbonyl (C=O) groups excluding carboxylic acids is 3. The molecule has 3 amide bonds. The molecule has 0 aliphatic heterocycles. The van der Waals surface area contributed by atoms with Gasteiger partial charge in [-0.15, -0.1) is 0 Å². The number of aliphatic hydroxyl groups excluding tert-OH is 2. The van der Waals surface area contributed by atoms with Crippen LogP contribution < -0.4 is 10.8 Å². The Balaban J connectivity index is 2.88. The van der Waals surface area contributed by atoms with E-state index in [1.807, 2.05) is 0 Å². The van der Waals surface area contributed by atoms with Gasteiger partial charge in [-0.1, -0.05) is 11.8 Å².